The van der Waals surface area contributed by atoms with E-state index in [4.69, 9.17) is 0 Å². The van der Waals surface area contributed by atoms with Gasteiger partial charge in [-0.1, -0.05) is 20.3 Å². The molecule has 4 rings (SSSR count). The molecule has 8 heteroatoms. The van der Waals surface area contributed by atoms with Gasteiger partial charge >= 0.3 is 6.03 Å². The van der Waals surface area contributed by atoms with Crippen LogP contribution in [0.4, 0.5) is 15.1 Å². The minimum absolute atomic E-state index is 0.0148. The van der Waals surface area contributed by atoms with Crippen LogP contribution >= 0.6 is 0 Å². The number of pyridine rings is 1. The average molecular weight is 411 g/mol. The molecule has 2 aliphatic rings. The van der Waals surface area contributed by atoms with Crippen molar-refractivity contribution in [2.24, 2.45) is 5.92 Å². The molecule has 2 atom stereocenters. The van der Waals surface area contributed by atoms with Crippen LogP contribution in [0.2, 0.25) is 0 Å². The van der Waals surface area contributed by atoms with E-state index in [9.17, 15) is 14.0 Å². The molecule has 0 spiro atoms. The molecular formula is C22H26FN5O2. The normalized spacial score (nSPS) is 20.0. The molecule has 3 heterocycles. The molecule has 2 fully saturated rings. The number of amides is 2. The number of hydrogen-bond acceptors (Lipinski definition) is 5. The number of urea groups is 1. The van der Waals surface area contributed by atoms with Crippen molar-refractivity contribution in [2.75, 3.05) is 18.0 Å². The molecular weight excluding hydrogens is 385 g/mol. The first-order valence-corrected chi connectivity index (χ1v) is 10.5. The summed E-state index contributed by atoms with van der Waals surface area (Å²) in [7, 11) is 0. The second kappa shape index (κ2) is 8.45. The molecule has 0 unspecified atom stereocenters. The Morgan fingerprint density at radius 3 is 2.67 bits per heavy atom. The Morgan fingerprint density at radius 2 is 2.00 bits per heavy atom. The molecule has 1 aliphatic heterocycles. The van der Waals surface area contributed by atoms with Gasteiger partial charge in [0.1, 0.15) is 0 Å². The standard InChI is InChI=1S/C22H26FN5O2/c1-3-14(2)20-13-28(21-25-10-17(23)11-26-21)22(30)27(20)12-19(29)9-18-8-16(6-7-24-18)15-4-5-15/h6-8,10-11,14-15,20H,3-5,9,12-13H2,1-2H3/t14-,20+/m0/s1. The number of rotatable bonds is 8. The zero-order chi connectivity index (χ0) is 21.3. The summed E-state index contributed by atoms with van der Waals surface area (Å²) in [5.74, 6) is 0.337. The number of carbonyl (C=O) groups is 2. The van der Waals surface area contributed by atoms with E-state index in [0.29, 0.717) is 12.5 Å². The first kappa shape index (κ1) is 20.4. The molecule has 1 saturated carbocycles. The molecule has 1 saturated heterocycles. The van der Waals surface area contributed by atoms with Gasteiger partial charge in [-0.15, -0.1) is 0 Å². The fraction of sp³-hybridized carbons (Fsp3) is 0.500. The molecule has 0 aromatic carbocycles. The third kappa shape index (κ3) is 4.32. The Hall–Kier alpha value is -2.90. The van der Waals surface area contributed by atoms with Crippen molar-refractivity contribution in [3.63, 3.8) is 0 Å². The zero-order valence-corrected chi connectivity index (χ0v) is 17.3. The van der Waals surface area contributed by atoms with Gasteiger partial charge in [-0.05, 0) is 42.4 Å². The van der Waals surface area contributed by atoms with Crippen molar-refractivity contribution in [3.05, 3.63) is 47.8 Å². The van der Waals surface area contributed by atoms with Crippen molar-refractivity contribution < 1.29 is 14.0 Å². The highest BCUT2D eigenvalue weighted by Crippen LogP contribution is 2.39. The van der Waals surface area contributed by atoms with Gasteiger partial charge in [0.25, 0.3) is 0 Å². The van der Waals surface area contributed by atoms with E-state index in [1.54, 1.807) is 11.1 Å². The first-order chi connectivity index (χ1) is 14.5. The zero-order valence-electron chi connectivity index (χ0n) is 17.3. The minimum atomic E-state index is -0.558. The summed E-state index contributed by atoms with van der Waals surface area (Å²) in [5, 5.41) is 0. The summed E-state index contributed by atoms with van der Waals surface area (Å²) >= 11 is 0. The lowest BCUT2D eigenvalue weighted by Gasteiger charge is -2.26. The van der Waals surface area contributed by atoms with Gasteiger partial charge in [0.15, 0.2) is 11.6 Å². The number of hydrogen-bond donors (Lipinski definition) is 0. The van der Waals surface area contributed by atoms with E-state index in [-0.39, 0.29) is 42.7 Å². The molecule has 158 valence electrons. The quantitative estimate of drug-likeness (QED) is 0.666. The van der Waals surface area contributed by atoms with E-state index in [2.05, 4.69) is 28.8 Å². The van der Waals surface area contributed by atoms with Crippen LogP contribution in [0.15, 0.2) is 30.7 Å². The number of halogens is 1. The number of nitrogens with zero attached hydrogens (tertiary/aromatic N) is 5. The van der Waals surface area contributed by atoms with Crippen molar-refractivity contribution in [2.45, 2.75) is 51.5 Å². The summed E-state index contributed by atoms with van der Waals surface area (Å²) in [6.07, 6.45) is 7.29. The van der Waals surface area contributed by atoms with Gasteiger partial charge in [-0.3, -0.25) is 14.7 Å². The van der Waals surface area contributed by atoms with E-state index in [1.165, 1.54) is 23.3 Å². The highest BCUT2D eigenvalue weighted by Gasteiger charge is 2.42. The Balaban J connectivity index is 1.48. The SMILES string of the molecule is CC[C@H](C)[C@H]1CN(c2ncc(F)cn2)C(=O)N1CC(=O)Cc1cc(C2CC2)ccn1. The molecule has 1 aliphatic carbocycles. The maximum absolute atomic E-state index is 13.2. The molecule has 2 amide bonds. The summed E-state index contributed by atoms with van der Waals surface area (Å²) in [4.78, 5) is 41.1. The Labute approximate surface area is 175 Å². The van der Waals surface area contributed by atoms with Crippen LogP contribution in [0, 0.1) is 11.7 Å². The first-order valence-electron chi connectivity index (χ1n) is 10.5. The van der Waals surface area contributed by atoms with E-state index < -0.39 is 5.82 Å². The van der Waals surface area contributed by atoms with Gasteiger partial charge in [0.05, 0.1) is 37.9 Å². The predicted octanol–water partition coefficient (Wildman–Crippen LogP) is 3.36. The van der Waals surface area contributed by atoms with Crippen LogP contribution in [0.1, 0.15) is 50.3 Å². The highest BCUT2D eigenvalue weighted by molar-refractivity contribution is 5.96. The van der Waals surface area contributed by atoms with E-state index >= 15 is 0 Å². The van der Waals surface area contributed by atoms with Crippen LogP contribution in [-0.4, -0.2) is 50.8 Å². The Bertz CT molecular complexity index is 931. The summed E-state index contributed by atoms with van der Waals surface area (Å²) in [6, 6.07) is 3.56. The van der Waals surface area contributed by atoms with Crippen molar-refractivity contribution in [3.8, 4) is 0 Å². The lowest BCUT2D eigenvalue weighted by atomic mass is 9.98. The van der Waals surface area contributed by atoms with Crippen LogP contribution in [-0.2, 0) is 11.2 Å². The Morgan fingerprint density at radius 1 is 1.27 bits per heavy atom. The average Bonchev–Trinajstić information content (AvgIpc) is 3.54. The molecule has 0 N–H and O–H groups in total. The highest BCUT2D eigenvalue weighted by atomic mass is 19.1. The van der Waals surface area contributed by atoms with Crippen molar-refractivity contribution in [1.82, 2.24) is 19.9 Å². The number of carbonyl (C=O) groups excluding carboxylic acids is 2. The fourth-order valence-corrected chi connectivity index (χ4v) is 3.93. The van der Waals surface area contributed by atoms with Crippen LogP contribution in [0.3, 0.4) is 0 Å². The van der Waals surface area contributed by atoms with Crippen molar-refractivity contribution in [1.29, 1.82) is 0 Å². The molecule has 7 nitrogen and oxygen atoms in total. The van der Waals surface area contributed by atoms with Gasteiger partial charge in [-0.2, -0.15) is 0 Å². The predicted molar refractivity (Wildman–Crippen MR) is 110 cm³/mol. The number of anilines is 1. The summed E-state index contributed by atoms with van der Waals surface area (Å²) < 4.78 is 13.2. The lowest BCUT2D eigenvalue weighted by Crippen LogP contribution is -2.42. The molecule has 30 heavy (non-hydrogen) atoms. The number of aromatic nitrogens is 3. The molecule has 0 bridgehead atoms. The van der Waals surface area contributed by atoms with Crippen molar-refractivity contribution >= 4 is 17.8 Å². The van der Waals surface area contributed by atoms with Gasteiger partial charge in [0, 0.05) is 11.9 Å². The fourth-order valence-electron chi connectivity index (χ4n) is 3.93. The second-order valence-electron chi connectivity index (χ2n) is 8.25. The third-order valence-electron chi connectivity index (χ3n) is 6.01. The van der Waals surface area contributed by atoms with Crippen LogP contribution in [0.25, 0.3) is 0 Å². The van der Waals surface area contributed by atoms with E-state index in [1.807, 2.05) is 12.1 Å². The molecule has 0 radical (unpaired) electrons. The Kier molecular flexibility index (Phi) is 5.74. The van der Waals surface area contributed by atoms with Gasteiger partial charge < -0.3 is 4.90 Å². The van der Waals surface area contributed by atoms with Crippen LogP contribution < -0.4 is 4.90 Å². The largest absolute Gasteiger partial charge is 0.327 e. The summed E-state index contributed by atoms with van der Waals surface area (Å²) in [5.41, 5.74) is 1.98. The monoisotopic (exact) mass is 411 g/mol. The maximum Gasteiger partial charge on any atom is 0.327 e. The number of ketones is 1. The maximum atomic E-state index is 13.2. The van der Waals surface area contributed by atoms with Gasteiger partial charge in [-0.25, -0.2) is 19.2 Å². The lowest BCUT2D eigenvalue weighted by molar-refractivity contribution is -0.119. The minimum Gasteiger partial charge on any atom is -0.312 e. The van der Waals surface area contributed by atoms with E-state index in [0.717, 1.165) is 24.5 Å². The number of Topliss-reactive ketones (excluding diaryl/α,β-unsaturated/α-hetero) is 1. The summed E-state index contributed by atoms with van der Waals surface area (Å²) in [6.45, 7) is 4.51. The third-order valence-corrected chi connectivity index (χ3v) is 6.01. The van der Waals surface area contributed by atoms with Gasteiger partial charge in [0.2, 0.25) is 5.95 Å². The smallest absolute Gasteiger partial charge is 0.312 e. The van der Waals surface area contributed by atoms with Crippen LogP contribution in [0.5, 0.6) is 0 Å². The second-order valence-corrected chi connectivity index (χ2v) is 8.25. The molecule has 2 aromatic heterocycles. The molecule has 2 aromatic rings. The topological polar surface area (TPSA) is 79.3 Å².